The van der Waals surface area contributed by atoms with Gasteiger partial charge in [-0.2, -0.15) is 0 Å². The van der Waals surface area contributed by atoms with Gasteiger partial charge in [0.25, 0.3) is 5.91 Å². The molecule has 1 aliphatic heterocycles. The molecule has 23 heavy (non-hydrogen) atoms. The first-order valence-electron chi connectivity index (χ1n) is 8.16. The van der Waals surface area contributed by atoms with Gasteiger partial charge in [-0.3, -0.25) is 4.79 Å². The van der Waals surface area contributed by atoms with Gasteiger partial charge >= 0.3 is 0 Å². The van der Waals surface area contributed by atoms with Crippen molar-refractivity contribution in [1.29, 1.82) is 0 Å². The molecule has 1 aromatic carbocycles. The largest absolute Gasteiger partial charge is 0.352 e. The van der Waals surface area contributed by atoms with Gasteiger partial charge in [-0.1, -0.05) is 29.6 Å². The van der Waals surface area contributed by atoms with Crippen molar-refractivity contribution in [2.45, 2.75) is 45.1 Å². The molecule has 0 saturated carbocycles. The molecule has 1 aliphatic rings. The van der Waals surface area contributed by atoms with Gasteiger partial charge < -0.3 is 10.2 Å². The summed E-state index contributed by atoms with van der Waals surface area (Å²) in [6, 6.07) is 3.00. The Hall–Kier alpha value is -0.840. The maximum absolute atomic E-state index is 13.4. The third-order valence-electron chi connectivity index (χ3n) is 4.35. The van der Waals surface area contributed by atoms with Gasteiger partial charge in [0.2, 0.25) is 0 Å². The number of carbonyl (C=O) groups excluding carboxylic acids is 1. The molecule has 6 heteroatoms. The number of halogens is 3. The SMILES string of the molecule is CC1CCCCN1CCCCNC(=O)c1cc(F)c(Cl)cc1Cl. The first-order valence-corrected chi connectivity index (χ1v) is 8.91. The monoisotopic (exact) mass is 360 g/mol. The summed E-state index contributed by atoms with van der Waals surface area (Å²) < 4.78 is 13.4. The lowest BCUT2D eigenvalue weighted by molar-refractivity contribution is 0.0951. The van der Waals surface area contributed by atoms with Crippen LogP contribution in [0.1, 0.15) is 49.4 Å². The number of hydrogen-bond donors (Lipinski definition) is 1. The van der Waals surface area contributed by atoms with Crippen LogP contribution >= 0.6 is 23.2 Å². The molecule has 0 aromatic heterocycles. The average molecular weight is 361 g/mol. The van der Waals surface area contributed by atoms with E-state index in [4.69, 9.17) is 23.2 Å². The van der Waals surface area contributed by atoms with Gasteiger partial charge in [-0.25, -0.2) is 4.39 Å². The molecule has 2 rings (SSSR count). The zero-order chi connectivity index (χ0) is 16.8. The highest BCUT2D eigenvalue weighted by Gasteiger charge is 2.17. The van der Waals surface area contributed by atoms with Crippen LogP contribution in [-0.4, -0.2) is 36.5 Å². The van der Waals surface area contributed by atoms with Crippen molar-refractivity contribution in [3.05, 3.63) is 33.6 Å². The minimum Gasteiger partial charge on any atom is -0.352 e. The van der Waals surface area contributed by atoms with Gasteiger partial charge in [0.15, 0.2) is 0 Å². The molecule has 0 aliphatic carbocycles. The normalized spacial score (nSPS) is 18.9. The van der Waals surface area contributed by atoms with Crippen LogP contribution in [0.25, 0.3) is 0 Å². The maximum Gasteiger partial charge on any atom is 0.252 e. The molecule has 1 N–H and O–H groups in total. The second kappa shape index (κ2) is 8.86. The minimum atomic E-state index is -0.639. The zero-order valence-electron chi connectivity index (χ0n) is 13.4. The molecule has 1 saturated heterocycles. The standard InChI is InChI=1S/C17H23Cl2FN2O/c1-12-6-2-4-8-22(12)9-5-3-7-21-17(23)13-10-16(20)15(19)11-14(13)18/h10-12H,2-9H2,1H3,(H,21,23). The lowest BCUT2D eigenvalue weighted by Gasteiger charge is -2.33. The fourth-order valence-electron chi connectivity index (χ4n) is 2.92. The molecule has 1 unspecified atom stereocenters. The Bertz CT molecular complexity index is 554. The van der Waals surface area contributed by atoms with Crippen molar-refractivity contribution in [2.24, 2.45) is 0 Å². The third kappa shape index (κ3) is 5.33. The Morgan fingerprint density at radius 2 is 2.09 bits per heavy atom. The predicted molar refractivity (Wildman–Crippen MR) is 92.9 cm³/mol. The number of carbonyl (C=O) groups is 1. The minimum absolute atomic E-state index is 0.0813. The van der Waals surface area contributed by atoms with E-state index in [-0.39, 0.29) is 21.5 Å². The van der Waals surface area contributed by atoms with Gasteiger partial charge in [0, 0.05) is 12.6 Å². The van der Waals surface area contributed by atoms with Crippen LogP contribution in [0.4, 0.5) is 4.39 Å². The Kier molecular flexibility index (Phi) is 7.12. The number of nitrogens with zero attached hydrogens (tertiary/aromatic N) is 1. The highest BCUT2D eigenvalue weighted by Crippen LogP contribution is 2.24. The molecular weight excluding hydrogens is 338 g/mol. The fraction of sp³-hybridized carbons (Fsp3) is 0.588. The molecular formula is C17H23Cl2FN2O. The van der Waals surface area contributed by atoms with E-state index >= 15 is 0 Å². The highest BCUT2D eigenvalue weighted by atomic mass is 35.5. The summed E-state index contributed by atoms with van der Waals surface area (Å²) in [5.41, 5.74) is 0.123. The van der Waals surface area contributed by atoms with E-state index in [9.17, 15) is 9.18 Å². The topological polar surface area (TPSA) is 32.3 Å². The summed E-state index contributed by atoms with van der Waals surface area (Å²) in [6.07, 6.45) is 5.81. The zero-order valence-corrected chi connectivity index (χ0v) is 14.9. The van der Waals surface area contributed by atoms with Crippen LogP contribution in [0, 0.1) is 5.82 Å². The second-order valence-electron chi connectivity index (χ2n) is 6.09. The van der Waals surface area contributed by atoms with E-state index in [1.54, 1.807) is 0 Å². The summed E-state index contributed by atoms with van der Waals surface area (Å²) in [7, 11) is 0. The van der Waals surface area contributed by atoms with Gasteiger partial charge in [0.05, 0.1) is 15.6 Å². The number of piperidine rings is 1. The Labute approximate surface area is 147 Å². The van der Waals surface area contributed by atoms with Crippen molar-refractivity contribution in [3.63, 3.8) is 0 Å². The molecule has 1 atom stereocenters. The summed E-state index contributed by atoms with van der Waals surface area (Å²) in [4.78, 5) is 14.5. The summed E-state index contributed by atoms with van der Waals surface area (Å²) in [5.74, 6) is -1.00. The number of amides is 1. The van der Waals surface area contributed by atoms with Gasteiger partial charge in [0.1, 0.15) is 5.82 Å². The van der Waals surface area contributed by atoms with Crippen LogP contribution in [0.5, 0.6) is 0 Å². The van der Waals surface area contributed by atoms with Crippen LogP contribution < -0.4 is 5.32 Å². The highest BCUT2D eigenvalue weighted by molar-refractivity contribution is 6.36. The van der Waals surface area contributed by atoms with Gasteiger partial charge in [-0.15, -0.1) is 0 Å². The van der Waals surface area contributed by atoms with Crippen LogP contribution in [0.15, 0.2) is 12.1 Å². The number of nitrogens with one attached hydrogen (secondary N) is 1. The maximum atomic E-state index is 13.4. The molecule has 0 spiro atoms. The summed E-state index contributed by atoms with van der Waals surface area (Å²) in [5, 5.41) is 2.87. The van der Waals surface area contributed by atoms with Crippen molar-refractivity contribution < 1.29 is 9.18 Å². The summed E-state index contributed by atoms with van der Waals surface area (Å²) in [6.45, 7) is 5.07. The number of unbranched alkanes of at least 4 members (excludes halogenated alkanes) is 1. The van der Waals surface area contributed by atoms with Crippen molar-refractivity contribution in [1.82, 2.24) is 10.2 Å². The van der Waals surface area contributed by atoms with Crippen LogP contribution in [-0.2, 0) is 0 Å². The van der Waals surface area contributed by atoms with Crippen LogP contribution in [0.3, 0.4) is 0 Å². The number of hydrogen-bond acceptors (Lipinski definition) is 2. The lowest BCUT2D eigenvalue weighted by Crippen LogP contribution is -2.38. The van der Waals surface area contributed by atoms with Gasteiger partial charge in [-0.05, 0) is 57.8 Å². The molecule has 1 fully saturated rings. The van der Waals surface area contributed by atoms with E-state index in [2.05, 4.69) is 17.1 Å². The first kappa shape index (κ1) is 18.5. The van der Waals surface area contributed by atoms with E-state index in [0.29, 0.717) is 12.6 Å². The number of benzene rings is 1. The Morgan fingerprint density at radius 3 is 2.83 bits per heavy atom. The quantitative estimate of drug-likeness (QED) is 0.597. The molecule has 1 amide bonds. The smallest absolute Gasteiger partial charge is 0.252 e. The Balaban J connectivity index is 1.72. The lowest BCUT2D eigenvalue weighted by atomic mass is 10.0. The molecule has 0 bridgehead atoms. The fourth-order valence-corrected chi connectivity index (χ4v) is 3.39. The Morgan fingerprint density at radius 1 is 1.30 bits per heavy atom. The van der Waals surface area contributed by atoms with Crippen LogP contribution in [0.2, 0.25) is 10.0 Å². The molecule has 1 aromatic rings. The third-order valence-corrected chi connectivity index (χ3v) is 4.96. The van der Waals surface area contributed by atoms with E-state index in [1.165, 1.54) is 31.9 Å². The first-order chi connectivity index (χ1) is 11.0. The second-order valence-corrected chi connectivity index (χ2v) is 6.90. The van der Waals surface area contributed by atoms with E-state index in [1.807, 2.05) is 0 Å². The van der Waals surface area contributed by atoms with E-state index in [0.717, 1.165) is 25.5 Å². The molecule has 1 heterocycles. The molecule has 3 nitrogen and oxygen atoms in total. The van der Waals surface area contributed by atoms with E-state index < -0.39 is 5.82 Å². The van der Waals surface area contributed by atoms with Crippen molar-refractivity contribution in [2.75, 3.05) is 19.6 Å². The van der Waals surface area contributed by atoms with Crippen molar-refractivity contribution in [3.8, 4) is 0 Å². The summed E-state index contributed by atoms with van der Waals surface area (Å²) >= 11 is 11.6. The number of likely N-dealkylation sites (tertiary alicyclic amines) is 1. The predicted octanol–water partition coefficient (Wildman–Crippen LogP) is 4.52. The average Bonchev–Trinajstić information content (AvgIpc) is 2.52. The molecule has 0 radical (unpaired) electrons. The number of rotatable bonds is 6. The van der Waals surface area contributed by atoms with Crippen molar-refractivity contribution >= 4 is 29.1 Å². The molecule has 128 valence electrons.